The third-order valence-electron chi connectivity index (χ3n) is 2.02. The lowest BCUT2D eigenvalue weighted by Crippen LogP contribution is -2.14. The number of aromatic nitrogens is 3. The average molecular weight is 266 g/mol. The van der Waals surface area contributed by atoms with Gasteiger partial charge in [0, 0.05) is 4.88 Å². The van der Waals surface area contributed by atoms with Gasteiger partial charge >= 0.3 is 6.01 Å². The highest BCUT2D eigenvalue weighted by Crippen LogP contribution is 2.13. The van der Waals surface area contributed by atoms with E-state index in [9.17, 15) is 0 Å². The first kappa shape index (κ1) is 12.5. The minimum atomic E-state index is 0.245. The maximum Gasteiger partial charge on any atom is 0.323 e. The van der Waals surface area contributed by atoms with E-state index in [4.69, 9.17) is 10.6 Å². The molecule has 0 aliphatic heterocycles. The van der Waals surface area contributed by atoms with Gasteiger partial charge in [0.25, 0.3) is 0 Å². The average Bonchev–Trinajstić information content (AvgIpc) is 2.89. The quantitative estimate of drug-likeness (QED) is 0.534. The summed E-state index contributed by atoms with van der Waals surface area (Å²) in [5.74, 6) is 5.98. The van der Waals surface area contributed by atoms with E-state index >= 15 is 0 Å². The molecule has 2 aromatic rings. The first-order chi connectivity index (χ1) is 8.81. The third-order valence-corrected chi connectivity index (χ3v) is 2.89. The summed E-state index contributed by atoms with van der Waals surface area (Å²) in [6.07, 6.45) is 0. The van der Waals surface area contributed by atoms with Gasteiger partial charge < -0.3 is 10.1 Å². The fraction of sp³-hybridized carbons (Fsp3) is 0.300. The van der Waals surface area contributed by atoms with Gasteiger partial charge in [-0.15, -0.1) is 11.3 Å². The Hall–Kier alpha value is -1.93. The van der Waals surface area contributed by atoms with E-state index in [2.05, 4.69) is 25.7 Å². The lowest BCUT2D eigenvalue weighted by atomic mass is 10.5. The molecule has 2 heterocycles. The molecule has 0 bridgehead atoms. The van der Waals surface area contributed by atoms with Crippen LogP contribution in [0.3, 0.4) is 0 Å². The van der Waals surface area contributed by atoms with Gasteiger partial charge in [-0.2, -0.15) is 15.0 Å². The zero-order valence-corrected chi connectivity index (χ0v) is 10.7. The molecule has 2 aromatic heterocycles. The molecule has 0 spiro atoms. The van der Waals surface area contributed by atoms with Crippen molar-refractivity contribution in [1.82, 2.24) is 15.0 Å². The molecule has 4 N–H and O–H groups in total. The molecule has 0 fully saturated rings. The maximum atomic E-state index is 5.29. The molecule has 2 rings (SSSR count). The molecule has 8 heteroatoms. The van der Waals surface area contributed by atoms with Crippen molar-refractivity contribution < 1.29 is 4.74 Å². The highest BCUT2D eigenvalue weighted by atomic mass is 32.1. The molecule has 0 amide bonds. The van der Waals surface area contributed by atoms with E-state index in [1.54, 1.807) is 11.3 Å². The monoisotopic (exact) mass is 266 g/mol. The van der Waals surface area contributed by atoms with Crippen LogP contribution in [0.4, 0.5) is 11.9 Å². The zero-order chi connectivity index (χ0) is 12.8. The van der Waals surface area contributed by atoms with Gasteiger partial charge in [0.15, 0.2) is 0 Å². The number of nitrogens with two attached hydrogens (primary N) is 1. The Morgan fingerprint density at radius 3 is 2.83 bits per heavy atom. The van der Waals surface area contributed by atoms with Crippen LogP contribution in [0, 0.1) is 0 Å². The van der Waals surface area contributed by atoms with Crippen LogP contribution >= 0.6 is 11.3 Å². The smallest absolute Gasteiger partial charge is 0.323 e. The van der Waals surface area contributed by atoms with Crippen LogP contribution < -0.4 is 21.3 Å². The van der Waals surface area contributed by atoms with Crippen molar-refractivity contribution in [2.24, 2.45) is 5.84 Å². The van der Waals surface area contributed by atoms with E-state index in [-0.39, 0.29) is 12.0 Å². The second-order valence-corrected chi connectivity index (χ2v) is 4.31. The van der Waals surface area contributed by atoms with Crippen LogP contribution in [0.1, 0.15) is 11.8 Å². The van der Waals surface area contributed by atoms with Gasteiger partial charge in [0.05, 0.1) is 13.2 Å². The molecule has 0 aromatic carbocycles. The minimum Gasteiger partial charge on any atom is -0.464 e. The standard InChI is InChI=1S/C10H14N6OS/c1-2-17-10-14-8(13-9(15-10)16-11)12-6-7-4-3-5-18-7/h3-5H,2,6,11H2,1H3,(H2,12,13,14,15,16). The molecule has 0 saturated heterocycles. The van der Waals surface area contributed by atoms with Gasteiger partial charge in [0.1, 0.15) is 0 Å². The minimum absolute atomic E-state index is 0.245. The number of anilines is 2. The Morgan fingerprint density at radius 2 is 2.17 bits per heavy atom. The van der Waals surface area contributed by atoms with Crippen molar-refractivity contribution in [3.63, 3.8) is 0 Å². The maximum absolute atomic E-state index is 5.29. The van der Waals surface area contributed by atoms with E-state index in [1.807, 2.05) is 24.4 Å². The van der Waals surface area contributed by atoms with Gasteiger partial charge in [-0.3, -0.25) is 5.43 Å². The van der Waals surface area contributed by atoms with Crippen LogP contribution in [0.25, 0.3) is 0 Å². The predicted molar refractivity (Wildman–Crippen MR) is 70.5 cm³/mol. The highest BCUT2D eigenvalue weighted by Gasteiger charge is 2.06. The molecule has 0 unspecified atom stereocenters. The first-order valence-electron chi connectivity index (χ1n) is 5.43. The van der Waals surface area contributed by atoms with Crippen LogP contribution in [0.5, 0.6) is 6.01 Å². The summed E-state index contributed by atoms with van der Waals surface area (Å²) in [6, 6.07) is 4.27. The van der Waals surface area contributed by atoms with Crippen molar-refractivity contribution in [2.75, 3.05) is 17.3 Å². The van der Waals surface area contributed by atoms with E-state index < -0.39 is 0 Å². The molecule has 0 aliphatic rings. The van der Waals surface area contributed by atoms with E-state index in [0.29, 0.717) is 19.1 Å². The van der Waals surface area contributed by atoms with E-state index in [0.717, 1.165) is 0 Å². The second-order valence-electron chi connectivity index (χ2n) is 3.28. The summed E-state index contributed by atoms with van der Waals surface area (Å²) < 4.78 is 5.23. The number of nitrogens with one attached hydrogen (secondary N) is 2. The predicted octanol–water partition coefficient (Wildman–Crippen LogP) is 1.23. The number of hydrazine groups is 1. The number of nitrogens with zero attached hydrogens (tertiary/aromatic N) is 3. The zero-order valence-electron chi connectivity index (χ0n) is 9.88. The van der Waals surface area contributed by atoms with Crippen LogP contribution in [-0.2, 0) is 6.54 Å². The normalized spacial score (nSPS) is 10.1. The van der Waals surface area contributed by atoms with Crippen molar-refractivity contribution in [3.8, 4) is 6.01 Å². The molecule has 7 nitrogen and oxygen atoms in total. The Morgan fingerprint density at radius 1 is 1.33 bits per heavy atom. The number of hydrogen-bond donors (Lipinski definition) is 3. The lowest BCUT2D eigenvalue weighted by molar-refractivity contribution is 0.312. The molecular formula is C10H14N6OS. The molecular weight excluding hydrogens is 252 g/mol. The molecule has 0 aliphatic carbocycles. The third kappa shape index (κ3) is 3.28. The number of nitrogen functional groups attached to an aromatic ring is 1. The van der Waals surface area contributed by atoms with Crippen molar-refractivity contribution in [2.45, 2.75) is 13.5 Å². The molecule has 18 heavy (non-hydrogen) atoms. The number of hydrogen-bond acceptors (Lipinski definition) is 8. The molecule has 0 atom stereocenters. The topological polar surface area (TPSA) is 98.0 Å². The first-order valence-corrected chi connectivity index (χ1v) is 6.31. The lowest BCUT2D eigenvalue weighted by Gasteiger charge is -2.07. The number of thiophene rings is 1. The van der Waals surface area contributed by atoms with Crippen molar-refractivity contribution in [3.05, 3.63) is 22.4 Å². The summed E-state index contributed by atoms with van der Waals surface area (Å²) >= 11 is 1.66. The molecule has 0 radical (unpaired) electrons. The second kappa shape index (κ2) is 6.12. The van der Waals surface area contributed by atoms with Gasteiger partial charge in [0.2, 0.25) is 11.9 Å². The Kier molecular flexibility index (Phi) is 4.26. The number of ether oxygens (including phenoxy) is 1. The van der Waals surface area contributed by atoms with Gasteiger partial charge in [-0.1, -0.05) is 6.07 Å². The fourth-order valence-corrected chi connectivity index (χ4v) is 1.92. The molecule has 0 saturated carbocycles. The van der Waals surface area contributed by atoms with Crippen molar-refractivity contribution in [1.29, 1.82) is 0 Å². The van der Waals surface area contributed by atoms with Crippen LogP contribution in [0.2, 0.25) is 0 Å². The fourth-order valence-electron chi connectivity index (χ4n) is 1.27. The van der Waals surface area contributed by atoms with Crippen LogP contribution in [0.15, 0.2) is 17.5 Å². The summed E-state index contributed by atoms with van der Waals surface area (Å²) in [4.78, 5) is 13.4. The Bertz CT molecular complexity index is 489. The summed E-state index contributed by atoms with van der Waals surface area (Å²) in [7, 11) is 0. The highest BCUT2D eigenvalue weighted by molar-refractivity contribution is 7.09. The van der Waals surface area contributed by atoms with E-state index in [1.165, 1.54) is 4.88 Å². The SMILES string of the molecule is CCOc1nc(NN)nc(NCc2cccs2)n1. The van der Waals surface area contributed by atoms with Gasteiger partial charge in [-0.25, -0.2) is 5.84 Å². The largest absolute Gasteiger partial charge is 0.464 e. The molecule has 96 valence electrons. The van der Waals surface area contributed by atoms with Crippen molar-refractivity contribution >= 4 is 23.2 Å². The number of rotatable bonds is 6. The Balaban J connectivity index is 2.08. The summed E-state index contributed by atoms with van der Waals surface area (Å²) in [5, 5.41) is 5.11. The van der Waals surface area contributed by atoms with Crippen LogP contribution in [-0.4, -0.2) is 21.6 Å². The Labute approximate surface area is 108 Å². The van der Waals surface area contributed by atoms with Gasteiger partial charge in [-0.05, 0) is 18.4 Å². The summed E-state index contributed by atoms with van der Waals surface area (Å²) in [5.41, 5.74) is 2.38. The summed E-state index contributed by atoms with van der Waals surface area (Å²) in [6.45, 7) is 2.99.